The van der Waals surface area contributed by atoms with E-state index in [1.807, 2.05) is 6.20 Å². The second-order valence-electron chi connectivity index (χ2n) is 4.57. The maximum absolute atomic E-state index is 5.57. The van der Waals surface area contributed by atoms with Crippen LogP contribution < -0.4 is 10.6 Å². The zero-order valence-corrected chi connectivity index (χ0v) is 11.5. The van der Waals surface area contributed by atoms with Gasteiger partial charge in [-0.15, -0.1) is 0 Å². The third-order valence-corrected chi connectivity index (χ3v) is 3.28. The van der Waals surface area contributed by atoms with Gasteiger partial charge >= 0.3 is 0 Å². The molecule has 0 amide bonds. The van der Waals surface area contributed by atoms with Crippen LogP contribution in [0.3, 0.4) is 0 Å². The van der Waals surface area contributed by atoms with Gasteiger partial charge in [0.2, 0.25) is 0 Å². The normalized spacial score (nSPS) is 12.5. The average molecular weight is 235 g/mol. The van der Waals surface area contributed by atoms with Crippen molar-refractivity contribution in [2.45, 2.75) is 46.6 Å². The molecular weight excluding hydrogens is 210 g/mol. The standard InChI is InChI=1S/C14H25N3/c1-5-12(4)17(6-2)14-11(3)9-13(7-8-15)10-16-14/h9-10,12H,5-8,15H2,1-4H3. The second-order valence-corrected chi connectivity index (χ2v) is 4.57. The predicted molar refractivity (Wildman–Crippen MR) is 74.5 cm³/mol. The minimum Gasteiger partial charge on any atom is -0.354 e. The first kappa shape index (κ1) is 14.0. The van der Waals surface area contributed by atoms with E-state index in [1.165, 1.54) is 11.1 Å². The Hall–Kier alpha value is -1.09. The molecule has 0 radical (unpaired) electrons. The third-order valence-electron chi connectivity index (χ3n) is 3.28. The lowest BCUT2D eigenvalue weighted by atomic mass is 10.1. The molecule has 1 aromatic heterocycles. The van der Waals surface area contributed by atoms with Crippen LogP contribution in [-0.4, -0.2) is 24.1 Å². The highest BCUT2D eigenvalue weighted by Gasteiger charge is 2.14. The Kier molecular flexibility index (Phi) is 5.42. The van der Waals surface area contributed by atoms with Gasteiger partial charge in [0.25, 0.3) is 0 Å². The Morgan fingerprint density at radius 2 is 2.12 bits per heavy atom. The van der Waals surface area contributed by atoms with E-state index >= 15 is 0 Å². The van der Waals surface area contributed by atoms with Crippen molar-refractivity contribution in [1.29, 1.82) is 0 Å². The predicted octanol–water partition coefficient (Wildman–Crippen LogP) is 2.52. The lowest BCUT2D eigenvalue weighted by Gasteiger charge is -2.29. The van der Waals surface area contributed by atoms with Crippen LogP contribution in [0.2, 0.25) is 0 Å². The fourth-order valence-electron chi connectivity index (χ4n) is 2.12. The SMILES string of the molecule is CCC(C)N(CC)c1ncc(CCN)cc1C. The van der Waals surface area contributed by atoms with Crippen LogP contribution in [0.15, 0.2) is 12.3 Å². The van der Waals surface area contributed by atoms with Crippen molar-refractivity contribution in [2.75, 3.05) is 18.0 Å². The van der Waals surface area contributed by atoms with Gasteiger partial charge < -0.3 is 10.6 Å². The molecule has 0 saturated heterocycles. The van der Waals surface area contributed by atoms with Gasteiger partial charge in [-0.1, -0.05) is 13.0 Å². The average Bonchev–Trinajstić information content (AvgIpc) is 2.32. The molecule has 0 aliphatic rings. The topological polar surface area (TPSA) is 42.2 Å². The van der Waals surface area contributed by atoms with Gasteiger partial charge in [0.15, 0.2) is 0 Å². The Morgan fingerprint density at radius 3 is 2.59 bits per heavy atom. The summed E-state index contributed by atoms with van der Waals surface area (Å²) in [4.78, 5) is 6.97. The van der Waals surface area contributed by atoms with Crippen LogP contribution in [0, 0.1) is 6.92 Å². The number of pyridine rings is 1. The lowest BCUT2D eigenvalue weighted by molar-refractivity contribution is 0.621. The van der Waals surface area contributed by atoms with Gasteiger partial charge in [0.1, 0.15) is 5.82 Å². The number of hydrogen-bond acceptors (Lipinski definition) is 3. The second kappa shape index (κ2) is 6.60. The first-order chi connectivity index (χ1) is 8.13. The van der Waals surface area contributed by atoms with Gasteiger partial charge in [-0.2, -0.15) is 0 Å². The Labute approximate surface area is 105 Å². The van der Waals surface area contributed by atoms with Crippen molar-refractivity contribution < 1.29 is 0 Å². The van der Waals surface area contributed by atoms with Crippen molar-refractivity contribution in [3.05, 3.63) is 23.4 Å². The van der Waals surface area contributed by atoms with Crippen molar-refractivity contribution in [3.8, 4) is 0 Å². The Morgan fingerprint density at radius 1 is 1.41 bits per heavy atom. The smallest absolute Gasteiger partial charge is 0.131 e. The summed E-state index contributed by atoms with van der Waals surface area (Å²) in [6.07, 6.45) is 4.00. The molecule has 0 aromatic carbocycles. The van der Waals surface area contributed by atoms with Crippen LogP contribution in [0.5, 0.6) is 0 Å². The molecule has 0 aliphatic carbocycles. The van der Waals surface area contributed by atoms with E-state index in [0.717, 1.165) is 25.2 Å². The number of aromatic nitrogens is 1. The van der Waals surface area contributed by atoms with Crippen LogP contribution in [0.1, 0.15) is 38.3 Å². The molecule has 1 heterocycles. The summed E-state index contributed by atoms with van der Waals surface area (Å²) in [6, 6.07) is 2.74. The minimum absolute atomic E-state index is 0.534. The number of nitrogens with zero attached hydrogens (tertiary/aromatic N) is 2. The molecule has 96 valence electrons. The molecular formula is C14H25N3. The van der Waals surface area contributed by atoms with Crippen LogP contribution in [0.25, 0.3) is 0 Å². The highest BCUT2D eigenvalue weighted by Crippen LogP contribution is 2.21. The molecule has 0 spiro atoms. The molecule has 3 nitrogen and oxygen atoms in total. The van der Waals surface area contributed by atoms with E-state index < -0.39 is 0 Å². The molecule has 3 heteroatoms. The summed E-state index contributed by atoms with van der Waals surface area (Å²) >= 11 is 0. The van der Waals surface area contributed by atoms with E-state index in [-0.39, 0.29) is 0 Å². The molecule has 0 bridgehead atoms. The maximum Gasteiger partial charge on any atom is 0.131 e. The molecule has 2 N–H and O–H groups in total. The number of nitrogens with two attached hydrogens (primary N) is 1. The van der Waals surface area contributed by atoms with Crippen LogP contribution in [-0.2, 0) is 6.42 Å². The monoisotopic (exact) mass is 235 g/mol. The molecule has 0 aliphatic heterocycles. The van der Waals surface area contributed by atoms with Gasteiger partial charge in [-0.25, -0.2) is 4.98 Å². The van der Waals surface area contributed by atoms with Crippen molar-refractivity contribution in [2.24, 2.45) is 5.73 Å². The maximum atomic E-state index is 5.57. The summed E-state index contributed by atoms with van der Waals surface area (Å²) in [5, 5.41) is 0. The fraction of sp³-hybridized carbons (Fsp3) is 0.643. The molecule has 0 fully saturated rings. The lowest BCUT2D eigenvalue weighted by Crippen LogP contribution is -2.33. The summed E-state index contributed by atoms with van der Waals surface area (Å²) in [7, 11) is 0. The Bertz CT molecular complexity index is 349. The van der Waals surface area contributed by atoms with E-state index in [1.54, 1.807) is 0 Å². The van der Waals surface area contributed by atoms with E-state index in [4.69, 9.17) is 5.73 Å². The van der Waals surface area contributed by atoms with E-state index in [9.17, 15) is 0 Å². The van der Waals surface area contributed by atoms with E-state index in [0.29, 0.717) is 12.6 Å². The number of anilines is 1. The van der Waals surface area contributed by atoms with Crippen molar-refractivity contribution in [1.82, 2.24) is 4.98 Å². The summed E-state index contributed by atoms with van der Waals surface area (Å²) in [5.41, 5.74) is 8.04. The zero-order valence-electron chi connectivity index (χ0n) is 11.5. The van der Waals surface area contributed by atoms with Gasteiger partial charge in [-0.05, 0) is 51.3 Å². The first-order valence-electron chi connectivity index (χ1n) is 6.56. The molecule has 1 atom stereocenters. The molecule has 17 heavy (non-hydrogen) atoms. The summed E-state index contributed by atoms with van der Waals surface area (Å²) < 4.78 is 0. The highest BCUT2D eigenvalue weighted by atomic mass is 15.2. The number of hydrogen-bond donors (Lipinski definition) is 1. The van der Waals surface area contributed by atoms with Crippen molar-refractivity contribution in [3.63, 3.8) is 0 Å². The van der Waals surface area contributed by atoms with E-state index in [2.05, 4.69) is 43.6 Å². The minimum atomic E-state index is 0.534. The van der Waals surface area contributed by atoms with Crippen LogP contribution in [0.4, 0.5) is 5.82 Å². The Balaban J connectivity index is 2.96. The zero-order chi connectivity index (χ0) is 12.8. The fourth-order valence-corrected chi connectivity index (χ4v) is 2.12. The van der Waals surface area contributed by atoms with Gasteiger partial charge in [-0.3, -0.25) is 0 Å². The first-order valence-corrected chi connectivity index (χ1v) is 6.56. The van der Waals surface area contributed by atoms with Crippen LogP contribution >= 0.6 is 0 Å². The van der Waals surface area contributed by atoms with Gasteiger partial charge in [0.05, 0.1) is 0 Å². The quantitative estimate of drug-likeness (QED) is 0.824. The third kappa shape index (κ3) is 3.43. The molecule has 1 aromatic rings. The summed E-state index contributed by atoms with van der Waals surface area (Å²) in [6.45, 7) is 10.5. The molecule has 1 unspecified atom stereocenters. The summed E-state index contributed by atoms with van der Waals surface area (Å²) in [5.74, 6) is 1.11. The molecule has 0 saturated carbocycles. The van der Waals surface area contributed by atoms with Gasteiger partial charge in [0, 0.05) is 18.8 Å². The highest BCUT2D eigenvalue weighted by molar-refractivity contribution is 5.48. The number of aryl methyl sites for hydroxylation is 1. The number of rotatable bonds is 6. The molecule has 1 rings (SSSR count). The largest absolute Gasteiger partial charge is 0.354 e. The van der Waals surface area contributed by atoms with Crippen molar-refractivity contribution >= 4 is 5.82 Å².